The second kappa shape index (κ2) is 2.73. The molecule has 0 spiro atoms. The van der Waals surface area contributed by atoms with E-state index in [4.69, 9.17) is 4.74 Å². The molecule has 0 unspecified atom stereocenters. The van der Waals surface area contributed by atoms with E-state index in [1.165, 1.54) is 0 Å². The molecule has 0 aromatic heterocycles. The van der Waals surface area contributed by atoms with Crippen LogP contribution in [0, 0.1) is 5.41 Å². The normalized spacial score (nSPS) is 21.7. The van der Waals surface area contributed by atoms with E-state index in [2.05, 4.69) is 0 Å². The number of carbonyl (C=O) groups is 1. The van der Waals surface area contributed by atoms with Crippen molar-refractivity contribution in [3.05, 3.63) is 0 Å². The molecule has 5 heteroatoms. The minimum absolute atomic E-state index is 0.245. The molecule has 70 valence electrons. The van der Waals surface area contributed by atoms with Gasteiger partial charge in [-0.3, -0.25) is 4.79 Å². The van der Waals surface area contributed by atoms with Crippen molar-refractivity contribution < 1.29 is 22.7 Å². The molecule has 1 aliphatic rings. The van der Waals surface area contributed by atoms with Gasteiger partial charge in [0, 0.05) is 11.8 Å². The van der Waals surface area contributed by atoms with Gasteiger partial charge in [0.15, 0.2) is 0 Å². The molecule has 1 saturated heterocycles. The molecule has 0 saturated carbocycles. The Balaban J connectivity index is 2.46. The highest BCUT2D eigenvalue weighted by Gasteiger charge is 2.45. The van der Waals surface area contributed by atoms with Crippen LogP contribution in [-0.4, -0.2) is 25.2 Å². The molecule has 2 nitrogen and oxygen atoms in total. The van der Waals surface area contributed by atoms with Gasteiger partial charge in [-0.2, -0.15) is 13.2 Å². The topological polar surface area (TPSA) is 26.3 Å². The molecular formula is C7H9F3O2. The van der Waals surface area contributed by atoms with E-state index in [0.717, 1.165) is 0 Å². The average molecular weight is 182 g/mol. The molecule has 1 heterocycles. The van der Waals surface area contributed by atoms with Gasteiger partial charge in [-0.25, -0.2) is 0 Å². The lowest BCUT2D eigenvalue weighted by Gasteiger charge is -2.37. The number of ketones is 1. The fourth-order valence-electron chi connectivity index (χ4n) is 1.04. The molecule has 0 bridgehead atoms. The highest BCUT2D eigenvalue weighted by molar-refractivity contribution is 5.84. The van der Waals surface area contributed by atoms with Crippen molar-refractivity contribution in [2.45, 2.75) is 19.5 Å². The van der Waals surface area contributed by atoms with Gasteiger partial charge < -0.3 is 4.74 Å². The standard InChI is InChI=1S/C7H9F3O2/c1-6(3-12-4-6)2-5(11)7(8,9)10/h2-4H2,1H3. The first-order chi connectivity index (χ1) is 5.33. The Labute approximate surface area is 67.7 Å². The Morgan fingerprint density at radius 1 is 1.50 bits per heavy atom. The molecule has 0 N–H and O–H groups in total. The van der Waals surface area contributed by atoms with Crippen molar-refractivity contribution in [2.75, 3.05) is 13.2 Å². The van der Waals surface area contributed by atoms with Crippen molar-refractivity contribution in [2.24, 2.45) is 5.41 Å². The summed E-state index contributed by atoms with van der Waals surface area (Å²) >= 11 is 0. The van der Waals surface area contributed by atoms with Crippen LogP contribution in [0.3, 0.4) is 0 Å². The number of alkyl halides is 3. The van der Waals surface area contributed by atoms with Crippen LogP contribution in [0.4, 0.5) is 13.2 Å². The average Bonchev–Trinajstić information content (AvgIpc) is 1.82. The van der Waals surface area contributed by atoms with Crippen molar-refractivity contribution in [1.29, 1.82) is 0 Å². The van der Waals surface area contributed by atoms with Crippen LogP contribution in [0.5, 0.6) is 0 Å². The smallest absolute Gasteiger partial charge is 0.380 e. The van der Waals surface area contributed by atoms with Crippen molar-refractivity contribution in [3.8, 4) is 0 Å². The first kappa shape index (κ1) is 9.51. The predicted molar refractivity (Wildman–Crippen MR) is 34.6 cm³/mol. The molecule has 0 radical (unpaired) electrons. The summed E-state index contributed by atoms with van der Waals surface area (Å²) in [4.78, 5) is 10.5. The van der Waals surface area contributed by atoms with E-state index in [0.29, 0.717) is 0 Å². The van der Waals surface area contributed by atoms with Crippen LogP contribution in [-0.2, 0) is 9.53 Å². The third-order valence-corrected chi connectivity index (χ3v) is 1.80. The molecule has 1 aliphatic heterocycles. The van der Waals surface area contributed by atoms with Gasteiger partial charge in [0.2, 0.25) is 5.78 Å². The highest BCUT2D eigenvalue weighted by Crippen LogP contribution is 2.33. The number of Topliss-reactive ketones (excluding diaryl/α,β-unsaturated/α-hetero) is 1. The third kappa shape index (κ3) is 1.97. The van der Waals surface area contributed by atoms with E-state index in [-0.39, 0.29) is 13.2 Å². The Hall–Kier alpha value is -0.580. The maximum atomic E-state index is 11.7. The zero-order valence-corrected chi connectivity index (χ0v) is 6.57. The van der Waals surface area contributed by atoms with Crippen LogP contribution in [0.2, 0.25) is 0 Å². The summed E-state index contributed by atoms with van der Waals surface area (Å²) in [6, 6.07) is 0. The zero-order valence-electron chi connectivity index (χ0n) is 6.57. The predicted octanol–water partition coefficient (Wildman–Crippen LogP) is 1.54. The van der Waals surface area contributed by atoms with E-state index in [1.54, 1.807) is 6.92 Å². The lowest BCUT2D eigenvalue weighted by atomic mass is 9.83. The zero-order chi connectivity index (χ0) is 9.41. The molecule has 0 aromatic rings. The minimum atomic E-state index is -4.70. The summed E-state index contributed by atoms with van der Waals surface area (Å²) in [5.74, 6) is -1.66. The Morgan fingerprint density at radius 3 is 2.25 bits per heavy atom. The van der Waals surface area contributed by atoms with E-state index < -0.39 is 23.8 Å². The fraction of sp³-hybridized carbons (Fsp3) is 0.857. The van der Waals surface area contributed by atoms with Crippen LogP contribution >= 0.6 is 0 Å². The van der Waals surface area contributed by atoms with Crippen molar-refractivity contribution in [3.63, 3.8) is 0 Å². The van der Waals surface area contributed by atoms with Crippen LogP contribution in [0.25, 0.3) is 0 Å². The molecular weight excluding hydrogens is 173 g/mol. The number of hydrogen-bond donors (Lipinski definition) is 0. The third-order valence-electron chi connectivity index (χ3n) is 1.80. The maximum absolute atomic E-state index is 11.7. The number of ether oxygens (including phenoxy) is 1. The minimum Gasteiger partial charge on any atom is -0.380 e. The van der Waals surface area contributed by atoms with Crippen LogP contribution in [0.15, 0.2) is 0 Å². The second-order valence-electron chi connectivity index (χ2n) is 3.40. The monoisotopic (exact) mass is 182 g/mol. The van der Waals surface area contributed by atoms with Crippen LogP contribution < -0.4 is 0 Å². The van der Waals surface area contributed by atoms with E-state index >= 15 is 0 Å². The molecule has 0 aromatic carbocycles. The first-order valence-electron chi connectivity index (χ1n) is 3.51. The van der Waals surface area contributed by atoms with Crippen molar-refractivity contribution >= 4 is 5.78 Å². The summed E-state index contributed by atoms with van der Waals surface area (Å²) in [6.07, 6.45) is -5.16. The number of rotatable bonds is 2. The van der Waals surface area contributed by atoms with Gasteiger partial charge >= 0.3 is 6.18 Å². The van der Waals surface area contributed by atoms with Crippen molar-refractivity contribution in [1.82, 2.24) is 0 Å². The number of hydrogen-bond acceptors (Lipinski definition) is 2. The Bertz CT molecular complexity index is 193. The molecule has 0 aliphatic carbocycles. The molecule has 1 rings (SSSR count). The van der Waals surface area contributed by atoms with E-state index in [1.807, 2.05) is 0 Å². The summed E-state index contributed by atoms with van der Waals surface area (Å²) in [5, 5.41) is 0. The maximum Gasteiger partial charge on any atom is 0.449 e. The highest BCUT2D eigenvalue weighted by atomic mass is 19.4. The fourth-order valence-corrected chi connectivity index (χ4v) is 1.04. The molecule has 0 amide bonds. The lowest BCUT2D eigenvalue weighted by molar-refractivity contribution is -0.181. The van der Waals surface area contributed by atoms with Gasteiger partial charge in [0.25, 0.3) is 0 Å². The molecule has 1 fully saturated rings. The Kier molecular flexibility index (Phi) is 2.16. The number of carbonyl (C=O) groups excluding carboxylic acids is 1. The van der Waals surface area contributed by atoms with Gasteiger partial charge in [0.1, 0.15) is 0 Å². The van der Waals surface area contributed by atoms with Gasteiger partial charge in [-0.1, -0.05) is 6.92 Å². The molecule has 12 heavy (non-hydrogen) atoms. The van der Waals surface area contributed by atoms with Gasteiger partial charge in [0.05, 0.1) is 13.2 Å². The second-order valence-corrected chi connectivity index (χ2v) is 3.40. The van der Waals surface area contributed by atoms with Crippen LogP contribution in [0.1, 0.15) is 13.3 Å². The first-order valence-corrected chi connectivity index (χ1v) is 3.51. The summed E-state index contributed by atoms with van der Waals surface area (Å²) in [6.45, 7) is 2.10. The summed E-state index contributed by atoms with van der Waals surface area (Å²) < 4.78 is 40.0. The molecule has 0 atom stereocenters. The summed E-state index contributed by atoms with van der Waals surface area (Å²) in [7, 11) is 0. The van der Waals surface area contributed by atoms with E-state index in [9.17, 15) is 18.0 Å². The quantitative estimate of drug-likeness (QED) is 0.647. The van der Waals surface area contributed by atoms with Gasteiger partial charge in [-0.05, 0) is 0 Å². The lowest BCUT2D eigenvalue weighted by Crippen LogP contribution is -2.43. The Morgan fingerprint density at radius 2 is 2.00 bits per heavy atom. The number of halogens is 3. The largest absolute Gasteiger partial charge is 0.449 e. The van der Waals surface area contributed by atoms with Gasteiger partial charge in [-0.15, -0.1) is 0 Å². The summed E-state index contributed by atoms with van der Waals surface area (Å²) in [5.41, 5.74) is -0.591. The SMILES string of the molecule is CC1(CC(=O)C(F)(F)F)COC1.